The Morgan fingerprint density at radius 3 is 3.18 bits per heavy atom. The molecule has 0 aliphatic carbocycles. The summed E-state index contributed by atoms with van der Waals surface area (Å²) in [6, 6.07) is 3.05. The summed E-state index contributed by atoms with van der Waals surface area (Å²) >= 11 is 0. The van der Waals surface area contributed by atoms with Gasteiger partial charge in [0.05, 0.1) is 6.10 Å². The lowest BCUT2D eigenvalue weighted by molar-refractivity contribution is 0.0580. The molecule has 0 aromatic carbocycles. The quantitative estimate of drug-likeness (QED) is 0.851. The summed E-state index contributed by atoms with van der Waals surface area (Å²) in [6.45, 7) is 1.30. The number of rotatable bonds is 3. The van der Waals surface area contributed by atoms with Crippen LogP contribution in [0.1, 0.15) is 23.3 Å². The van der Waals surface area contributed by atoms with E-state index in [9.17, 15) is 9.90 Å². The van der Waals surface area contributed by atoms with Gasteiger partial charge in [0.15, 0.2) is 5.69 Å². The molecule has 92 valence electrons. The fourth-order valence-corrected chi connectivity index (χ4v) is 1.92. The van der Waals surface area contributed by atoms with Crippen LogP contribution in [0.15, 0.2) is 18.3 Å². The molecule has 1 amide bonds. The molecule has 0 saturated carbocycles. The molecule has 0 unspecified atom stereocenters. The number of hydrogen-bond acceptors (Lipinski definition) is 4. The number of pyridine rings is 1. The minimum absolute atomic E-state index is 0.0864. The Bertz CT molecular complexity index is 402. The van der Waals surface area contributed by atoms with E-state index in [1.807, 2.05) is 0 Å². The average Bonchev–Trinajstić information content (AvgIpc) is 2.81. The van der Waals surface area contributed by atoms with Gasteiger partial charge in [0.2, 0.25) is 0 Å². The monoisotopic (exact) mass is 236 g/mol. The van der Waals surface area contributed by atoms with Crippen molar-refractivity contribution in [3.05, 3.63) is 24.0 Å². The van der Waals surface area contributed by atoms with Gasteiger partial charge < -0.3 is 14.7 Å². The Hall–Kier alpha value is -1.62. The molecule has 2 rings (SSSR count). The standard InChI is InChI=1S/C12H16N2O3/c1-14(8-9-4-3-7-17-9)12(16)11-10(15)5-2-6-13-11/h2,5-6,9,15H,3-4,7-8H2,1H3/t9-/m0/s1. The van der Waals surface area contributed by atoms with E-state index in [2.05, 4.69) is 4.98 Å². The Kier molecular flexibility index (Phi) is 3.58. The molecule has 1 aliphatic heterocycles. The minimum atomic E-state index is -0.279. The third kappa shape index (κ3) is 2.74. The normalized spacial score (nSPS) is 19.2. The van der Waals surface area contributed by atoms with Crippen LogP contribution in [0.25, 0.3) is 0 Å². The van der Waals surface area contributed by atoms with Crippen LogP contribution >= 0.6 is 0 Å². The Morgan fingerprint density at radius 1 is 1.71 bits per heavy atom. The predicted molar refractivity (Wildman–Crippen MR) is 61.8 cm³/mol. The van der Waals surface area contributed by atoms with E-state index in [0.29, 0.717) is 6.54 Å². The van der Waals surface area contributed by atoms with Crippen molar-refractivity contribution in [1.82, 2.24) is 9.88 Å². The Morgan fingerprint density at radius 2 is 2.53 bits per heavy atom. The Balaban J connectivity index is 2.01. The number of aromatic nitrogens is 1. The first-order valence-corrected chi connectivity index (χ1v) is 5.69. The van der Waals surface area contributed by atoms with Crippen molar-refractivity contribution in [2.45, 2.75) is 18.9 Å². The minimum Gasteiger partial charge on any atom is -0.505 e. The number of likely N-dealkylation sites (N-methyl/N-ethyl adjacent to an activating group) is 1. The van der Waals surface area contributed by atoms with Crippen LogP contribution in [0.5, 0.6) is 5.75 Å². The van der Waals surface area contributed by atoms with Gasteiger partial charge in [-0.3, -0.25) is 4.79 Å². The van der Waals surface area contributed by atoms with E-state index in [1.54, 1.807) is 13.1 Å². The van der Waals surface area contributed by atoms with Crippen LogP contribution in [0.3, 0.4) is 0 Å². The summed E-state index contributed by atoms with van der Waals surface area (Å²) in [6.07, 6.45) is 3.62. The topological polar surface area (TPSA) is 62.7 Å². The van der Waals surface area contributed by atoms with E-state index in [4.69, 9.17) is 4.74 Å². The highest BCUT2D eigenvalue weighted by Crippen LogP contribution is 2.17. The molecule has 1 aliphatic rings. The lowest BCUT2D eigenvalue weighted by Crippen LogP contribution is -2.34. The second kappa shape index (κ2) is 5.14. The number of carbonyl (C=O) groups excluding carboxylic acids is 1. The highest BCUT2D eigenvalue weighted by Gasteiger charge is 2.22. The maximum absolute atomic E-state index is 12.0. The fourth-order valence-electron chi connectivity index (χ4n) is 1.92. The van der Waals surface area contributed by atoms with Crippen LogP contribution in [-0.2, 0) is 4.74 Å². The van der Waals surface area contributed by atoms with Crippen molar-refractivity contribution >= 4 is 5.91 Å². The van der Waals surface area contributed by atoms with Crippen molar-refractivity contribution in [3.8, 4) is 5.75 Å². The number of aromatic hydroxyl groups is 1. The maximum atomic E-state index is 12.0. The molecular weight excluding hydrogens is 220 g/mol. The number of hydrogen-bond donors (Lipinski definition) is 1. The molecule has 5 nitrogen and oxygen atoms in total. The third-order valence-corrected chi connectivity index (χ3v) is 2.84. The first-order chi connectivity index (χ1) is 8.18. The van der Waals surface area contributed by atoms with Crippen LogP contribution < -0.4 is 0 Å². The molecule has 2 heterocycles. The summed E-state index contributed by atoms with van der Waals surface area (Å²) in [7, 11) is 1.69. The van der Waals surface area contributed by atoms with Crippen molar-refractivity contribution in [1.29, 1.82) is 0 Å². The van der Waals surface area contributed by atoms with Gasteiger partial charge in [0, 0.05) is 26.4 Å². The zero-order valence-electron chi connectivity index (χ0n) is 9.80. The van der Waals surface area contributed by atoms with Crippen LogP contribution in [0, 0.1) is 0 Å². The van der Waals surface area contributed by atoms with Gasteiger partial charge in [0.25, 0.3) is 5.91 Å². The van der Waals surface area contributed by atoms with Crippen LogP contribution in [0.2, 0.25) is 0 Å². The second-order valence-corrected chi connectivity index (χ2v) is 4.19. The fraction of sp³-hybridized carbons (Fsp3) is 0.500. The summed E-state index contributed by atoms with van der Waals surface area (Å²) < 4.78 is 5.46. The molecule has 1 saturated heterocycles. The van der Waals surface area contributed by atoms with Crippen molar-refractivity contribution in [3.63, 3.8) is 0 Å². The van der Waals surface area contributed by atoms with Gasteiger partial charge in [-0.05, 0) is 25.0 Å². The summed E-state index contributed by atoms with van der Waals surface area (Å²) in [5.74, 6) is -0.365. The zero-order valence-corrected chi connectivity index (χ0v) is 9.80. The number of amides is 1. The molecule has 1 aromatic heterocycles. The van der Waals surface area contributed by atoms with E-state index in [0.717, 1.165) is 19.4 Å². The molecule has 0 bridgehead atoms. The van der Waals surface area contributed by atoms with Crippen molar-refractivity contribution in [2.75, 3.05) is 20.2 Å². The maximum Gasteiger partial charge on any atom is 0.276 e. The average molecular weight is 236 g/mol. The van der Waals surface area contributed by atoms with Gasteiger partial charge in [-0.15, -0.1) is 0 Å². The second-order valence-electron chi connectivity index (χ2n) is 4.19. The summed E-state index contributed by atoms with van der Waals surface area (Å²) in [5, 5.41) is 9.55. The summed E-state index contributed by atoms with van der Waals surface area (Å²) in [5.41, 5.74) is 0.0907. The van der Waals surface area contributed by atoms with E-state index < -0.39 is 0 Å². The number of nitrogens with zero attached hydrogens (tertiary/aromatic N) is 2. The molecule has 1 aromatic rings. The van der Waals surface area contributed by atoms with Gasteiger partial charge in [0.1, 0.15) is 5.75 Å². The van der Waals surface area contributed by atoms with Crippen molar-refractivity contribution in [2.24, 2.45) is 0 Å². The highest BCUT2D eigenvalue weighted by molar-refractivity contribution is 5.94. The Labute approximate surface area is 100 Å². The lowest BCUT2D eigenvalue weighted by Gasteiger charge is -2.20. The molecular formula is C12H16N2O3. The SMILES string of the molecule is CN(C[C@@H]1CCCO1)C(=O)c1ncccc1O. The molecule has 0 spiro atoms. The van der Waals surface area contributed by atoms with Gasteiger partial charge >= 0.3 is 0 Å². The van der Waals surface area contributed by atoms with E-state index >= 15 is 0 Å². The number of carbonyl (C=O) groups is 1. The summed E-state index contributed by atoms with van der Waals surface area (Å²) in [4.78, 5) is 17.4. The zero-order chi connectivity index (χ0) is 12.3. The van der Waals surface area contributed by atoms with Crippen molar-refractivity contribution < 1.29 is 14.6 Å². The molecule has 1 N–H and O–H groups in total. The van der Waals surface area contributed by atoms with Gasteiger partial charge in [-0.2, -0.15) is 0 Å². The lowest BCUT2D eigenvalue weighted by atomic mass is 10.2. The van der Waals surface area contributed by atoms with E-state index in [1.165, 1.54) is 17.2 Å². The van der Waals surface area contributed by atoms with Crippen LogP contribution in [0.4, 0.5) is 0 Å². The van der Waals surface area contributed by atoms with Gasteiger partial charge in [-0.1, -0.05) is 0 Å². The molecule has 0 radical (unpaired) electrons. The van der Waals surface area contributed by atoms with Crippen LogP contribution in [-0.4, -0.2) is 47.2 Å². The molecule has 1 fully saturated rings. The first-order valence-electron chi connectivity index (χ1n) is 5.69. The van der Waals surface area contributed by atoms with E-state index in [-0.39, 0.29) is 23.5 Å². The smallest absolute Gasteiger partial charge is 0.276 e. The molecule has 5 heteroatoms. The molecule has 1 atom stereocenters. The molecule has 17 heavy (non-hydrogen) atoms. The number of ether oxygens (including phenoxy) is 1. The predicted octanol–water partition coefficient (Wildman–Crippen LogP) is 1.04. The third-order valence-electron chi connectivity index (χ3n) is 2.84. The first kappa shape index (κ1) is 11.9. The largest absolute Gasteiger partial charge is 0.505 e. The van der Waals surface area contributed by atoms with Gasteiger partial charge in [-0.25, -0.2) is 4.98 Å². The highest BCUT2D eigenvalue weighted by atomic mass is 16.5.